The number of hydrogen-bond acceptors (Lipinski definition) is 2. The van der Waals surface area contributed by atoms with E-state index in [9.17, 15) is 9.90 Å². The smallest absolute Gasteiger partial charge is 0.226 e. The number of carbonyl (C=O) groups is 1. The van der Waals surface area contributed by atoms with E-state index in [0.717, 1.165) is 32.4 Å². The Morgan fingerprint density at radius 3 is 2.81 bits per heavy atom. The second-order valence-corrected chi connectivity index (χ2v) is 6.19. The van der Waals surface area contributed by atoms with E-state index < -0.39 is 0 Å². The lowest BCUT2D eigenvalue weighted by Gasteiger charge is -2.42. The molecule has 1 spiro atoms. The maximum atomic E-state index is 12.1. The van der Waals surface area contributed by atoms with Gasteiger partial charge in [-0.15, -0.1) is 0 Å². The van der Waals surface area contributed by atoms with Crippen LogP contribution in [0.4, 0.5) is 0 Å². The molecule has 1 aromatic rings. The van der Waals surface area contributed by atoms with Gasteiger partial charge in [-0.3, -0.25) is 4.79 Å². The Kier molecular flexibility index (Phi) is 3.85. The summed E-state index contributed by atoms with van der Waals surface area (Å²) in [5, 5.41) is 10.6. The van der Waals surface area contributed by atoms with Crippen molar-refractivity contribution in [3.05, 3.63) is 47.5 Å². The first-order valence-corrected chi connectivity index (χ1v) is 7.83. The average molecular weight is 285 g/mol. The van der Waals surface area contributed by atoms with Gasteiger partial charge in [0.05, 0.1) is 6.10 Å². The molecule has 1 saturated heterocycles. The first kappa shape index (κ1) is 14.3. The van der Waals surface area contributed by atoms with Crippen molar-refractivity contribution in [2.75, 3.05) is 13.1 Å². The normalized spacial score (nSPS) is 23.7. The van der Waals surface area contributed by atoms with Gasteiger partial charge < -0.3 is 10.0 Å². The number of likely N-dealkylation sites (tertiary alicyclic amines) is 1. The lowest BCUT2D eigenvalue weighted by molar-refractivity contribution is -0.132. The summed E-state index contributed by atoms with van der Waals surface area (Å²) in [6, 6.07) is 8.38. The van der Waals surface area contributed by atoms with Crippen molar-refractivity contribution >= 4 is 5.91 Å². The number of rotatable bonds is 2. The van der Waals surface area contributed by atoms with Crippen LogP contribution < -0.4 is 0 Å². The van der Waals surface area contributed by atoms with E-state index in [4.69, 9.17) is 0 Å². The molecule has 0 aromatic heterocycles. The van der Waals surface area contributed by atoms with Gasteiger partial charge in [0, 0.05) is 24.9 Å². The van der Waals surface area contributed by atoms with Gasteiger partial charge in [-0.05, 0) is 37.3 Å². The van der Waals surface area contributed by atoms with Gasteiger partial charge in [0.25, 0.3) is 0 Å². The molecular weight excluding hydrogens is 262 g/mol. The predicted octanol–water partition coefficient (Wildman–Crippen LogP) is 2.43. The average Bonchev–Trinajstić information content (AvgIpc) is 2.78. The fraction of sp³-hybridized carbons (Fsp3) is 0.500. The molecular formula is C18H23NO2. The molecule has 1 aromatic carbocycles. The van der Waals surface area contributed by atoms with Crippen LogP contribution in [0, 0.1) is 0 Å². The molecule has 0 radical (unpaired) electrons. The third kappa shape index (κ3) is 2.40. The highest BCUT2D eigenvalue weighted by molar-refractivity contribution is 5.77. The van der Waals surface area contributed by atoms with E-state index in [2.05, 4.69) is 18.2 Å². The fourth-order valence-electron chi connectivity index (χ4n) is 3.87. The second kappa shape index (κ2) is 5.64. The van der Waals surface area contributed by atoms with Crippen LogP contribution in [-0.2, 0) is 16.6 Å². The molecule has 3 rings (SSSR count). The van der Waals surface area contributed by atoms with E-state index in [1.54, 1.807) is 0 Å². The predicted molar refractivity (Wildman–Crippen MR) is 83.1 cm³/mol. The van der Waals surface area contributed by atoms with E-state index in [0.29, 0.717) is 6.42 Å². The first-order valence-electron chi connectivity index (χ1n) is 7.83. The quantitative estimate of drug-likeness (QED) is 0.848. The Labute approximate surface area is 126 Å². The fourth-order valence-corrected chi connectivity index (χ4v) is 3.87. The highest BCUT2D eigenvalue weighted by Crippen LogP contribution is 2.46. The summed E-state index contributed by atoms with van der Waals surface area (Å²) < 4.78 is 0. The zero-order chi connectivity index (χ0) is 14.9. The van der Waals surface area contributed by atoms with E-state index >= 15 is 0 Å². The molecule has 1 heterocycles. The van der Waals surface area contributed by atoms with Crippen molar-refractivity contribution in [2.45, 2.75) is 44.1 Å². The van der Waals surface area contributed by atoms with Gasteiger partial charge in [-0.1, -0.05) is 36.4 Å². The Morgan fingerprint density at radius 2 is 2.10 bits per heavy atom. The molecule has 3 nitrogen and oxygen atoms in total. The monoisotopic (exact) mass is 285 g/mol. The number of fused-ring (bicyclic) bond motifs is 2. The summed E-state index contributed by atoms with van der Waals surface area (Å²) in [6.45, 7) is 3.44. The molecule has 0 bridgehead atoms. The SMILES string of the molecule is C/C=C/CC(=O)N1CCC2(CC1)c1ccccc1C[C@H]2O. The van der Waals surface area contributed by atoms with Gasteiger partial charge in [0.15, 0.2) is 0 Å². The Morgan fingerprint density at radius 1 is 1.38 bits per heavy atom. The van der Waals surface area contributed by atoms with Crippen molar-refractivity contribution in [3.63, 3.8) is 0 Å². The van der Waals surface area contributed by atoms with Crippen LogP contribution in [0.3, 0.4) is 0 Å². The van der Waals surface area contributed by atoms with Gasteiger partial charge >= 0.3 is 0 Å². The van der Waals surface area contributed by atoms with E-state index in [1.807, 2.05) is 30.0 Å². The van der Waals surface area contributed by atoms with E-state index in [1.165, 1.54) is 11.1 Å². The molecule has 1 fully saturated rings. The maximum Gasteiger partial charge on any atom is 0.226 e. The van der Waals surface area contributed by atoms with Crippen molar-refractivity contribution in [1.29, 1.82) is 0 Å². The van der Waals surface area contributed by atoms with Crippen molar-refractivity contribution in [1.82, 2.24) is 4.90 Å². The zero-order valence-electron chi connectivity index (χ0n) is 12.6. The Hall–Kier alpha value is -1.61. The second-order valence-electron chi connectivity index (χ2n) is 6.19. The summed E-state index contributed by atoms with van der Waals surface area (Å²) in [7, 11) is 0. The third-order valence-corrected chi connectivity index (χ3v) is 5.14. The molecule has 1 N–H and O–H groups in total. The molecule has 1 atom stereocenters. The highest BCUT2D eigenvalue weighted by Gasteiger charge is 2.47. The lowest BCUT2D eigenvalue weighted by Crippen LogP contribution is -2.48. The number of aliphatic hydroxyl groups is 1. The number of benzene rings is 1. The Bertz CT molecular complexity index is 556. The number of allylic oxidation sites excluding steroid dienone is 1. The number of nitrogens with zero attached hydrogens (tertiary/aromatic N) is 1. The first-order chi connectivity index (χ1) is 10.2. The van der Waals surface area contributed by atoms with Gasteiger partial charge in [0.2, 0.25) is 5.91 Å². The molecule has 0 unspecified atom stereocenters. The highest BCUT2D eigenvalue weighted by atomic mass is 16.3. The number of hydrogen-bond donors (Lipinski definition) is 1. The molecule has 2 aliphatic rings. The van der Waals surface area contributed by atoms with Crippen LogP contribution in [0.2, 0.25) is 0 Å². The number of carbonyl (C=O) groups excluding carboxylic acids is 1. The molecule has 3 heteroatoms. The zero-order valence-corrected chi connectivity index (χ0v) is 12.6. The van der Waals surface area contributed by atoms with Gasteiger partial charge in [0.1, 0.15) is 0 Å². The van der Waals surface area contributed by atoms with Crippen molar-refractivity contribution in [3.8, 4) is 0 Å². The minimum atomic E-state index is -0.303. The number of aliphatic hydroxyl groups excluding tert-OH is 1. The third-order valence-electron chi connectivity index (χ3n) is 5.14. The summed E-state index contributed by atoms with van der Waals surface area (Å²) >= 11 is 0. The molecule has 112 valence electrons. The van der Waals surface area contributed by atoms with Gasteiger partial charge in [-0.25, -0.2) is 0 Å². The summed E-state index contributed by atoms with van der Waals surface area (Å²) in [4.78, 5) is 14.0. The van der Waals surface area contributed by atoms with E-state index in [-0.39, 0.29) is 17.4 Å². The van der Waals surface area contributed by atoms with Crippen LogP contribution in [-0.4, -0.2) is 35.1 Å². The molecule has 0 saturated carbocycles. The van der Waals surface area contributed by atoms with Crippen molar-refractivity contribution < 1.29 is 9.90 Å². The summed E-state index contributed by atoms with van der Waals surface area (Å²) in [5.41, 5.74) is 2.45. The van der Waals surface area contributed by atoms with Crippen LogP contribution in [0.15, 0.2) is 36.4 Å². The molecule has 21 heavy (non-hydrogen) atoms. The number of amides is 1. The topological polar surface area (TPSA) is 40.5 Å². The molecule has 1 aliphatic carbocycles. The standard InChI is InChI=1S/C18H23NO2/c1-2-3-8-17(21)19-11-9-18(10-12-19)15-7-5-4-6-14(15)13-16(18)20/h2-7,16,20H,8-13H2,1H3/b3-2+/t16-/m1/s1. The van der Waals surface area contributed by atoms with Crippen LogP contribution in [0.1, 0.15) is 37.3 Å². The molecule has 1 amide bonds. The largest absolute Gasteiger partial charge is 0.392 e. The van der Waals surface area contributed by atoms with Crippen LogP contribution >= 0.6 is 0 Å². The maximum absolute atomic E-state index is 12.1. The lowest BCUT2D eigenvalue weighted by atomic mass is 9.72. The molecule has 1 aliphatic heterocycles. The van der Waals surface area contributed by atoms with Gasteiger partial charge in [-0.2, -0.15) is 0 Å². The number of piperidine rings is 1. The minimum Gasteiger partial charge on any atom is -0.392 e. The van der Waals surface area contributed by atoms with Crippen LogP contribution in [0.5, 0.6) is 0 Å². The van der Waals surface area contributed by atoms with Crippen molar-refractivity contribution in [2.24, 2.45) is 0 Å². The van der Waals surface area contributed by atoms with Crippen LogP contribution in [0.25, 0.3) is 0 Å². The minimum absolute atomic E-state index is 0.131. The summed E-state index contributed by atoms with van der Waals surface area (Å²) in [6.07, 6.45) is 6.50. The Balaban J connectivity index is 1.74. The summed E-state index contributed by atoms with van der Waals surface area (Å²) in [5.74, 6) is 0.198.